The molecule has 2 aromatic rings. The summed E-state index contributed by atoms with van der Waals surface area (Å²) in [7, 11) is 0. The first-order chi connectivity index (χ1) is 15.4. The first kappa shape index (κ1) is 22.8. The van der Waals surface area contributed by atoms with Crippen LogP contribution >= 0.6 is 23.5 Å². The van der Waals surface area contributed by atoms with Crippen LogP contribution in [-0.2, 0) is 10.2 Å². The number of benzene rings is 1. The van der Waals surface area contributed by atoms with Gasteiger partial charge in [0.15, 0.2) is 5.82 Å². The lowest BCUT2D eigenvalue weighted by molar-refractivity contribution is -0.121. The van der Waals surface area contributed by atoms with Crippen molar-refractivity contribution in [2.45, 2.75) is 37.1 Å². The number of carbonyl (C=O) groups excluding carboxylic acids is 2. The molecule has 1 aromatic carbocycles. The first-order valence-corrected chi connectivity index (χ1v) is 11.9. The number of halogens is 2. The summed E-state index contributed by atoms with van der Waals surface area (Å²) in [6, 6.07) is 3.72. The van der Waals surface area contributed by atoms with Crippen LogP contribution in [0.25, 0.3) is 0 Å². The summed E-state index contributed by atoms with van der Waals surface area (Å²) in [5.74, 6) is -0.356. The molecule has 1 saturated carbocycles. The molecule has 3 N–H and O–H groups in total. The van der Waals surface area contributed by atoms with Gasteiger partial charge < -0.3 is 10.2 Å². The fourth-order valence-electron chi connectivity index (χ4n) is 3.96. The highest BCUT2D eigenvalue weighted by molar-refractivity contribution is 7.96. The van der Waals surface area contributed by atoms with Crippen LogP contribution in [0, 0.1) is 5.82 Å². The Labute approximate surface area is 194 Å². The lowest BCUT2D eigenvalue weighted by Gasteiger charge is -2.33. The highest BCUT2D eigenvalue weighted by atomic mass is 35.5. The fourth-order valence-corrected chi connectivity index (χ4v) is 4.48. The second-order valence-corrected chi connectivity index (χ2v) is 9.06. The maximum atomic E-state index is 15.0. The lowest BCUT2D eigenvalue weighted by atomic mass is 9.94. The van der Waals surface area contributed by atoms with Crippen molar-refractivity contribution in [3.63, 3.8) is 0 Å². The molecular formula is C21H24ClFN6O2S. The molecule has 8 nitrogen and oxygen atoms in total. The number of aromatic nitrogens is 2. The minimum atomic E-state index is -0.715. The zero-order valence-corrected chi connectivity index (χ0v) is 19.1. The SMILES string of the molecule is CSNCC1(c2ccc(N3CCCC(NC(=O)Nc4cnc(Cl)cn4)C3=O)cc2F)CC1. The maximum Gasteiger partial charge on any atom is 0.321 e. The molecule has 2 aliphatic rings. The van der Waals surface area contributed by atoms with Crippen molar-refractivity contribution in [1.29, 1.82) is 0 Å². The van der Waals surface area contributed by atoms with Gasteiger partial charge in [-0.25, -0.2) is 19.2 Å². The molecule has 1 aromatic heterocycles. The summed E-state index contributed by atoms with van der Waals surface area (Å²) in [5.41, 5.74) is 1.02. The van der Waals surface area contributed by atoms with Gasteiger partial charge >= 0.3 is 6.03 Å². The molecule has 170 valence electrons. The molecule has 1 unspecified atom stereocenters. The van der Waals surface area contributed by atoms with Crippen molar-refractivity contribution in [1.82, 2.24) is 20.0 Å². The van der Waals surface area contributed by atoms with Crippen molar-refractivity contribution < 1.29 is 14.0 Å². The molecule has 1 aliphatic carbocycles. The number of amides is 3. The van der Waals surface area contributed by atoms with Gasteiger partial charge in [-0.05, 0) is 49.6 Å². The molecule has 1 saturated heterocycles. The van der Waals surface area contributed by atoms with E-state index in [1.54, 1.807) is 12.1 Å². The molecule has 0 bridgehead atoms. The predicted molar refractivity (Wildman–Crippen MR) is 123 cm³/mol. The van der Waals surface area contributed by atoms with Gasteiger partial charge in [-0.15, -0.1) is 0 Å². The van der Waals surface area contributed by atoms with Crippen molar-refractivity contribution in [2.24, 2.45) is 0 Å². The Hall–Kier alpha value is -2.43. The smallest absolute Gasteiger partial charge is 0.321 e. The van der Waals surface area contributed by atoms with Gasteiger partial charge in [-0.2, -0.15) is 0 Å². The van der Waals surface area contributed by atoms with Crippen molar-refractivity contribution >= 4 is 47.0 Å². The predicted octanol–water partition coefficient (Wildman–Crippen LogP) is 3.49. The zero-order chi connectivity index (χ0) is 22.7. The van der Waals surface area contributed by atoms with Crippen LogP contribution in [0.5, 0.6) is 0 Å². The van der Waals surface area contributed by atoms with E-state index in [1.807, 2.05) is 6.26 Å². The standard InChI is InChI=1S/C21H24ClFN6O2S/c1-32-26-12-21(6-7-21)14-5-4-13(9-15(14)23)29-8-2-3-16(19(29)30)27-20(31)28-18-11-24-17(22)10-25-18/h4-5,9-11,16,26H,2-3,6-8,12H2,1H3,(H2,25,27,28,31). The molecule has 2 heterocycles. The molecule has 32 heavy (non-hydrogen) atoms. The minimum Gasteiger partial charge on any atom is -0.326 e. The van der Waals surface area contributed by atoms with Gasteiger partial charge in [-0.3, -0.25) is 14.8 Å². The minimum absolute atomic E-state index is 0.162. The van der Waals surface area contributed by atoms with Crippen molar-refractivity contribution in [2.75, 3.05) is 29.6 Å². The van der Waals surface area contributed by atoms with Gasteiger partial charge in [0.1, 0.15) is 17.0 Å². The molecule has 0 radical (unpaired) electrons. The Morgan fingerprint density at radius 2 is 2.16 bits per heavy atom. The van der Waals surface area contributed by atoms with Crippen molar-refractivity contribution in [3.8, 4) is 0 Å². The number of piperidine rings is 1. The van der Waals surface area contributed by atoms with Crippen LogP contribution in [0.2, 0.25) is 5.15 Å². The fraction of sp³-hybridized carbons (Fsp3) is 0.429. The van der Waals surface area contributed by atoms with Crippen LogP contribution in [0.15, 0.2) is 30.6 Å². The third kappa shape index (κ3) is 4.97. The molecule has 3 amide bonds. The Bertz CT molecular complexity index is 1000. The average molecular weight is 479 g/mol. The van der Waals surface area contributed by atoms with Gasteiger partial charge in [0.05, 0.1) is 12.4 Å². The summed E-state index contributed by atoms with van der Waals surface area (Å²) < 4.78 is 18.2. The first-order valence-electron chi connectivity index (χ1n) is 10.3. The van der Waals surface area contributed by atoms with E-state index in [0.29, 0.717) is 37.2 Å². The van der Waals surface area contributed by atoms with E-state index < -0.39 is 12.1 Å². The van der Waals surface area contributed by atoms with Crippen LogP contribution in [0.1, 0.15) is 31.2 Å². The molecule has 4 rings (SSSR count). The number of anilines is 2. The third-order valence-corrected chi connectivity index (χ3v) is 6.48. The molecular weight excluding hydrogens is 455 g/mol. The molecule has 1 atom stereocenters. The van der Waals surface area contributed by atoms with Crippen LogP contribution in [0.4, 0.5) is 20.7 Å². The van der Waals surface area contributed by atoms with E-state index in [-0.39, 0.29) is 28.1 Å². The number of hydrogen-bond donors (Lipinski definition) is 3. The largest absolute Gasteiger partial charge is 0.326 e. The van der Waals surface area contributed by atoms with Crippen LogP contribution < -0.4 is 20.3 Å². The number of urea groups is 1. The van der Waals surface area contributed by atoms with Gasteiger partial charge in [-0.1, -0.05) is 29.6 Å². The monoisotopic (exact) mass is 478 g/mol. The summed E-state index contributed by atoms with van der Waals surface area (Å²) in [6.45, 7) is 1.19. The van der Waals surface area contributed by atoms with E-state index in [2.05, 4.69) is 25.3 Å². The van der Waals surface area contributed by atoms with Gasteiger partial charge in [0.2, 0.25) is 5.91 Å². The maximum absolute atomic E-state index is 15.0. The van der Waals surface area contributed by atoms with E-state index in [0.717, 1.165) is 12.8 Å². The summed E-state index contributed by atoms with van der Waals surface area (Å²) in [5, 5.41) is 5.41. The second-order valence-electron chi connectivity index (χ2n) is 7.98. The molecule has 0 spiro atoms. The third-order valence-electron chi connectivity index (χ3n) is 5.85. The lowest BCUT2D eigenvalue weighted by Crippen LogP contribution is -2.53. The average Bonchev–Trinajstić information content (AvgIpc) is 3.56. The Kier molecular flexibility index (Phi) is 6.82. The zero-order valence-electron chi connectivity index (χ0n) is 17.5. The highest BCUT2D eigenvalue weighted by Gasteiger charge is 2.45. The molecule has 11 heteroatoms. The Morgan fingerprint density at radius 1 is 1.34 bits per heavy atom. The Balaban J connectivity index is 1.42. The molecule has 2 fully saturated rings. The van der Waals surface area contributed by atoms with Crippen LogP contribution in [0.3, 0.4) is 0 Å². The van der Waals surface area contributed by atoms with Gasteiger partial charge in [0, 0.05) is 24.2 Å². The second kappa shape index (κ2) is 9.60. The number of nitrogens with one attached hydrogen (secondary N) is 3. The molecule has 1 aliphatic heterocycles. The normalized spacial score (nSPS) is 19.5. The Morgan fingerprint density at radius 3 is 2.81 bits per heavy atom. The topological polar surface area (TPSA) is 99.2 Å². The summed E-state index contributed by atoms with van der Waals surface area (Å²) in [6.07, 6.45) is 7.65. The quantitative estimate of drug-likeness (QED) is 0.527. The number of nitrogens with zero attached hydrogens (tertiary/aromatic N) is 3. The van der Waals surface area contributed by atoms with E-state index >= 15 is 0 Å². The van der Waals surface area contributed by atoms with Crippen LogP contribution in [-0.4, -0.2) is 47.3 Å². The van der Waals surface area contributed by atoms with E-state index in [1.165, 1.54) is 35.3 Å². The van der Waals surface area contributed by atoms with Crippen molar-refractivity contribution in [3.05, 3.63) is 47.1 Å². The summed E-state index contributed by atoms with van der Waals surface area (Å²) in [4.78, 5) is 34.6. The number of carbonyl (C=O) groups is 2. The summed E-state index contributed by atoms with van der Waals surface area (Å²) >= 11 is 7.21. The number of rotatable bonds is 7. The highest BCUT2D eigenvalue weighted by Crippen LogP contribution is 2.49. The van der Waals surface area contributed by atoms with E-state index in [9.17, 15) is 14.0 Å². The number of hydrogen-bond acceptors (Lipinski definition) is 6. The van der Waals surface area contributed by atoms with E-state index in [4.69, 9.17) is 11.6 Å². The van der Waals surface area contributed by atoms with Gasteiger partial charge in [0.25, 0.3) is 0 Å².